The maximum absolute atomic E-state index is 11.2. The number of hydrogen-bond acceptors (Lipinski definition) is 1. The van der Waals surface area contributed by atoms with Gasteiger partial charge in [0.25, 0.3) is 0 Å². The van der Waals surface area contributed by atoms with Crippen molar-refractivity contribution in [3.63, 3.8) is 0 Å². The Balaban J connectivity index is 3.16. The van der Waals surface area contributed by atoms with Crippen LogP contribution < -0.4 is 0 Å². The first-order valence-corrected chi connectivity index (χ1v) is 5.53. The molecule has 1 rings (SSSR count). The van der Waals surface area contributed by atoms with Crippen molar-refractivity contribution in [1.29, 1.82) is 0 Å². The number of allylic oxidation sites excluding steroid dienone is 1. The average Bonchev–Trinajstić information content (AvgIpc) is 2.22. The highest BCUT2D eigenvalue weighted by atomic mass is 35.5. The van der Waals surface area contributed by atoms with E-state index in [0.717, 1.165) is 0 Å². The third-order valence-corrected chi connectivity index (χ3v) is 3.21. The van der Waals surface area contributed by atoms with Crippen molar-refractivity contribution < 1.29 is 9.90 Å². The van der Waals surface area contributed by atoms with Crippen molar-refractivity contribution in [3.8, 4) is 0 Å². The van der Waals surface area contributed by atoms with Gasteiger partial charge in [0.05, 0.1) is 16.0 Å². The molecule has 0 heterocycles. The zero-order valence-electron chi connectivity index (χ0n) is 8.78. The molecular weight excluding hydrogens is 247 g/mol. The molecule has 2 atom stereocenters. The molecule has 0 aliphatic heterocycles. The van der Waals surface area contributed by atoms with E-state index in [1.165, 1.54) is 0 Å². The highest BCUT2D eigenvalue weighted by Crippen LogP contribution is 2.31. The normalized spacial score (nSPS) is 14.2. The van der Waals surface area contributed by atoms with Gasteiger partial charge in [-0.05, 0) is 23.6 Å². The Bertz CT molecular complexity index is 415. The van der Waals surface area contributed by atoms with E-state index < -0.39 is 11.9 Å². The number of hydrogen-bond donors (Lipinski definition) is 1. The van der Waals surface area contributed by atoms with Gasteiger partial charge in [0.15, 0.2) is 0 Å². The maximum atomic E-state index is 11.2. The van der Waals surface area contributed by atoms with Gasteiger partial charge in [-0.3, -0.25) is 4.79 Å². The Morgan fingerprint density at radius 2 is 2.06 bits per heavy atom. The molecule has 0 fully saturated rings. The van der Waals surface area contributed by atoms with Crippen LogP contribution in [0.2, 0.25) is 10.0 Å². The second-order valence-corrected chi connectivity index (χ2v) is 4.40. The van der Waals surface area contributed by atoms with Crippen LogP contribution in [0.1, 0.15) is 18.4 Å². The fourth-order valence-corrected chi connectivity index (χ4v) is 1.82. The summed E-state index contributed by atoms with van der Waals surface area (Å²) >= 11 is 11.6. The minimum atomic E-state index is -0.897. The lowest BCUT2D eigenvalue weighted by Crippen LogP contribution is -2.18. The van der Waals surface area contributed by atoms with Crippen molar-refractivity contribution in [2.45, 2.75) is 12.8 Å². The fraction of sp³-hybridized carbons (Fsp3) is 0.250. The lowest BCUT2D eigenvalue weighted by Gasteiger charge is -2.17. The zero-order valence-corrected chi connectivity index (χ0v) is 10.3. The number of benzene rings is 1. The lowest BCUT2D eigenvalue weighted by atomic mass is 9.87. The number of carboxylic acid groups (broad SMARTS) is 1. The van der Waals surface area contributed by atoms with Crippen LogP contribution >= 0.6 is 23.2 Å². The summed E-state index contributed by atoms with van der Waals surface area (Å²) in [6.45, 7) is 5.41. The number of carboxylic acids is 1. The molecule has 0 aliphatic carbocycles. The Labute approximate surface area is 104 Å². The minimum Gasteiger partial charge on any atom is -0.481 e. The smallest absolute Gasteiger partial charge is 0.311 e. The Morgan fingerprint density at radius 3 is 2.50 bits per heavy atom. The van der Waals surface area contributed by atoms with E-state index in [1.807, 2.05) is 0 Å². The van der Waals surface area contributed by atoms with E-state index in [-0.39, 0.29) is 5.92 Å². The van der Waals surface area contributed by atoms with Gasteiger partial charge >= 0.3 is 5.97 Å². The second-order valence-electron chi connectivity index (χ2n) is 3.58. The summed E-state index contributed by atoms with van der Waals surface area (Å²) in [7, 11) is 0. The molecule has 0 radical (unpaired) electrons. The van der Waals surface area contributed by atoms with Gasteiger partial charge in [-0.15, -0.1) is 6.58 Å². The molecule has 16 heavy (non-hydrogen) atoms. The molecule has 0 amide bonds. The second kappa shape index (κ2) is 5.37. The van der Waals surface area contributed by atoms with Gasteiger partial charge in [-0.1, -0.05) is 42.3 Å². The zero-order chi connectivity index (χ0) is 12.3. The number of carbonyl (C=O) groups is 1. The van der Waals surface area contributed by atoms with Crippen molar-refractivity contribution >= 4 is 29.2 Å². The Hall–Kier alpha value is -0.990. The molecule has 1 aromatic rings. The van der Waals surface area contributed by atoms with E-state index in [2.05, 4.69) is 6.58 Å². The Morgan fingerprint density at radius 1 is 1.44 bits per heavy atom. The van der Waals surface area contributed by atoms with E-state index in [9.17, 15) is 4.79 Å². The number of aliphatic carboxylic acids is 1. The molecule has 2 unspecified atom stereocenters. The monoisotopic (exact) mass is 258 g/mol. The van der Waals surface area contributed by atoms with Gasteiger partial charge in [0, 0.05) is 0 Å². The van der Waals surface area contributed by atoms with E-state index >= 15 is 0 Å². The third-order valence-electron chi connectivity index (χ3n) is 2.47. The van der Waals surface area contributed by atoms with Gasteiger partial charge in [-0.2, -0.15) is 0 Å². The largest absolute Gasteiger partial charge is 0.481 e. The standard InChI is InChI=1S/C12H12Cl2O2/c1-3-7(2)11(12(15)16)8-4-5-9(13)10(14)6-8/h3-7,11H,1H2,2H3,(H,15,16). The molecule has 0 saturated heterocycles. The molecule has 0 spiro atoms. The summed E-state index contributed by atoms with van der Waals surface area (Å²) in [5.41, 5.74) is 0.634. The molecule has 0 saturated carbocycles. The first-order valence-electron chi connectivity index (χ1n) is 4.77. The van der Waals surface area contributed by atoms with Crippen molar-refractivity contribution in [2.75, 3.05) is 0 Å². The minimum absolute atomic E-state index is 0.172. The van der Waals surface area contributed by atoms with E-state index in [1.54, 1.807) is 31.2 Å². The summed E-state index contributed by atoms with van der Waals surface area (Å²) in [5, 5.41) is 9.94. The number of rotatable bonds is 4. The van der Waals surface area contributed by atoms with Crippen LogP contribution in [0.15, 0.2) is 30.9 Å². The van der Waals surface area contributed by atoms with Crippen LogP contribution in [0, 0.1) is 5.92 Å². The van der Waals surface area contributed by atoms with Crippen LogP contribution in [-0.2, 0) is 4.79 Å². The molecule has 0 aliphatic rings. The molecule has 0 aromatic heterocycles. The topological polar surface area (TPSA) is 37.3 Å². The van der Waals surface area contributed by atoms with Crippen LogP contribution in [-0.4, -0.2) is 11.1 Å². The van der Waals surface area contributed by atoms with Crippen LogP contribution in [0.25, 0.3) is 0 Å². The fourth-order valence-electron chi connectivity index (χ4n) is 1.51. The molecule has 0 bridgehead atoms. The summed E-state index contributed by atoms with van der Waals surface area (Å²) in [4.78, 5) is 11.2. The van der Waals surface area contributed by atoms with Crippen molar-refractivity contribution in [2.24, 2.45) is 5.92 Å². The first kappa shape index (κ1) is 13.1. The van der Waals surface area contributed by atoms with Crippen LogP contribution in [0.4, 0.5) is 0 Å². The van der Waals surface area contributed by atoms with Crippen LogP contribution in [0.3, 0.4) is 0 Å². The number of halogens is 2. The van der Waals surface area contributed by atoms with Gasteiger partial charge in [0.1, 0.15) is 0 Å². The molecular formula is C12H12Cl2O2. The average molecular weight is 259 g/mol. The van der Waals surface area contributed by atoms with Crippen molar-refractivity contribution in [3.05, 3.63) is 46.5 Å². The predicted molar refractivity (Wildman–Crippen MR) is 66.2 cm³/mol. The molecule has 1 aromatic carbocycles. The quantitative estimate of drug-likeness (QED) is 0.830. The summed E-state index contributed by atoms with van der Waals surface area (Å²) in [6, 6.07) is 4.86. The van der Waals surface area contributed by atoms with E-state index in [4.69, 9.17) is 28.3 Å². The summed E-state index contributed by atoms with van der Waals surface area (Å²) in [5.74, 6) is -1.72. The third kappa shape index (κ3) is 2.77. The SMILES string of the molecule is C=CC(C)C(C(=O)O)c1ccc(Cl)c(Cl)c1. The van der Waals surface area contributed by atoms with E-state index in [0.29, 0.717) is 15.6 Å². The lowest BCUT2D eigenvalue weighted by molar-refractivity contribution is -0.139. The highest BCUT2D eigenvalue weighted by molar-refractivity contribution is 6.42. The molecule has 2 nitrogen and oxygen atoms in total. The molecule has 4 heteroatoms. The van der Waals surface area contributed by atoms with Crippen molar-refractivity contribution in [1.82, 2.24) is 0 Å². The summed E-state index contributed by atoms with van der Waals surface area (Å²) < 4.78 is 0. The predicted octanol–water partition coefficient (Wildman–Crippen LogP) is 3.98. The first-order chi connectivity index (χ1) is 7.47. The molecule has 86 valence electrons. The molecule has 1 N–H and O–H groups in total. The van der Waals surface area contributed by atoms with Crippen LogP contribution in [0.5, 0.6) is 0 Å². The van der Waals surface area contributed by atoms with Gasteiger partial charge < -0.3 is 5.11 Å². The van der Waals surface area contributed by atoms with Gasteiger partial charge in [-0.25, -0.2) is 0 Å². The Kier molecular flexibility index (Phi) is 4.39. The highest BCUT2D eigenvalue weighted by Gasteiger charge is 2.25. The van der Waals surface area contributed by atoms with Gasteiger partial charge in [0.2, 0.25) is 0 Å². The summed E-state index contributed by atoms with van der Waals surface area (Å²) in [6.07, 6.45) is 1.61. The maximum Gasteiger partial charge on any atom is 0.311 e.